The van der Waals surface area contributed by atoms with Crippen molar-refractivity contribution in [3.8, 4) is 0 Å². The maximum Gasteiger partial charge on any atom is 0.222 e. The van der Waals surface area contributed by atoms with Crippen LogP contribution in [0.1, 0.15) is 51.4 Å². The Morgan fingerprint density at radius 2 is 1.86 bits per heavy atom. The van der Waals surface area contributed by atoms with Gasteiger partial charge in [-0.2, -0.15) is 0 Å². The maximum absolute atomic E-state index is 12.2. The van der Waals surface area contributed by atoms with Crippen LogP contribution in [0.15, 0.2) is 30.6 Å². The zero-order valence-corrected chi connectivity index (χ0v) is 13.1. The normalized spacial score (nSPS) is 17.1. The number of aryl methyl sites for hydroxylation is 1. The summed E-state index contributed by atoms with van der Waals surface area (Å²) in [5.41, 5.74) is 2.09. The minimum absolute atomic E-state index is 0.170. The van der Waals surface area contributed by atoms with E-state index in [4.69, 9.17) is 0 Å². The minimum atomic E-state index is 0.170. The quantitative estimate of drug-likeness (QED) is 0.936. The molecule has 1 aliphatic rings. The van der Waals surface area contributed by atoms with Crippen molar-refractivity contribution in [2.24, 2.45) is 0 Å². The third-order valence-corrected chi connectivity index (χ3v) is 4.58. The number of benzene rings is 1. The Kier molecular flexibility index (Phi) is 5.09. The molecule has 1 aromatic carbocycles. The average molecular weight is 299 g/mol. The number of carbonyl (C=O) groups is 1. The first-order chi connectivity index (χ1) is 10.8. The van der Waals surface area contributed by atoms with Crippen molar-refractivity contribution in [2.45, 2.75) is 64.0 Å². The highest BCUT2D eigenvalue weighted by Crippen LogP contribution is 2.17. The molecule has 1 N–H and O–H groups in total. The highest BCUT2D eigenvalue weighted by Gasteiger charge is 2.14. The van der Waals surface area contributed by atoms with Crippen molar-refractivity contribution < 1.29 is 4.79 Å². The minimum Gasteiger partial charge on any atom is -0.353 e. The van der Waals surface area contributed by atoms with E-state index in [0.717, 1.165) is 23.9 Å². The maximum atomic E-state index is 12.2. The predicted octanol–water partition coefficient (Wildman–Crippen LogP) is 3.66. The van der Waals surface area contributed by atoms with Gasteiger partial charge in [0.2, 0.25) is 5.91 Å². The summed E-state index contributed by atoms with van der Waals surface area (Å²) in [6.07, 6.45) is 11.1. The Hall–Kier alpha value is -1.84. The Morgan fingerprint density at radius 1 is 1.14 bits per heavy atom. The molecule has 0 saturated heterocycles. The molecule has 0 atom stereocenters. The van der Waals surface area contributed by atoms with Gasteiger partial charge in [0, 0.05) is 19.0 Å². The molecule has 1 fully saturated rings. The average Bonchev–Trinajstić information content (AvgIpc) is 2.91. The lowest BCUT2D eigenvalue weighted by Crippen LogP contribution is -2.35. The molecule has 0 aliphatic heterocycles. The van der Waals surface area contributed by atoms with Crippen LogP contribution < -0.4 is 5.32 Å². The molecule has 1 saturated carbocycles. The SMILES string of the molecule is O=C(CCn1cnc2ccccc21)NC1CCCCCCC1. The van der Waals surface area contributed by atoms with Crippen LogP contribution in [0.25, 0.3) is 11.0 Å². The first-order valence-corrected chi connectivity index (χ1v) is 8.52. The van der Waals surface area contributed by atoms with E-state index < -0.39 is 0 Å². The highest BCUT2D eigenvalue weighted by molar-refractivity contribution is 5.77. The number of fused-ring (bicyclic) bond motifs is 1. The summed E-state index contributed by atoms with van der Waals surface area (Å²) in [6, 6.07) is 8.43. The van der Waals surface area contributed by atoms with Crippen molar-refractivity contribution >= 4 is 16.9 Å². The second-order valence-corrected chi connectivity index (χ2v) is 6.29. The van der Waals surface area contributed by atoms with E-state index in [1.54, 1.807) is 0 Å². The van der Waals surface area contributed by atoms with Crippen molar-refractivity contribution in [3.05, 3.63) is 30.6 Å². The Labute approximate surface area is 131 Å². The van der Waals surface area contributed by atoms with Crippen molar-refractivity contribution in [2.75, 3.05) is 0 Å². The molecular weight excluding hydrogens is 274 g/mol. The van der Waals surface area contributed by atoms with Gasteiger partial charge < -0.3 is 9.88 Å². The van der Waals surface area contributed by atoms with Crippen LogP contribution in [-0.4, -0.2) is 21.5 Å². The van der Waals surface area contributed by atoms with Crippen LogP contribution in [-0.2, 0) is 11.3 Å². The summed E-state index contributed by atoms with van der Waals surface area (Å²) in [7, 11) is 0. The summed E-state index contributed by atoms with van der Waals surface area (Å²) in [6.45, 7) is 0.694. The molecular formula is C18H25N3O. The monoisotopic (exact) mass is 299 g/mol. The molecule has 118 valence electrons. The number of nitrogens with zero attached hydrogens (tertiary/aromatic N) is 2. The summed E-state index contributed by atoms with van der Waals surface area (Å²) in [5.74, 6) is 0.170. The number of imidazole rings is 1. The summed E-state index contributed by atoms with van der Waals surface area (Å²) in [5, 5.41) is 3.22. The lowest BCUT2D eigenvalue weighted by atomic mass is 9.96. The molecule has 3 rings (SSSR count). The number of rotatable bonds is 4. The van der Waals surface area contributed by atoms with Crippen molar-refractivity contribution in [1.29, 1.82) is 0 Å². The van der Waals surface area contributed by atoms with E-state index in [-0.39, 0.29) is 5.91 Å². The summed E-state index contributed by atoms with van der Waals surface area (Å²) < 4.78 is 2.06. The fraction of sp³-hybridized carbons (Fsp3) is 0.556. The molecule has 1 aliphatic carbocycles. The Balaban J connectivity index is 1.51. The third kappa shape index (κ3) is 3.87. The molecule has 2 aromatic rings. The second-order valence-electron chi connectivity index (χ2n) is 6.29. The number of hydrogen-bond acceptors (Lipinski definition) is 2. The largest absolute Gasteiger partial charge is 0.353 e. The molecule has 1 amide bonds. The smallest absolute Gasteiger partial charge is 0.222 e. The first kappa shape index (κ1) is 15.1. The van der Waals surface area contributed by atoms with Crippen LogP contribution >= 0.6 is 0 Å². The summed E-state index contributed by atoms with van der Waals surface area (Å²) in [4.78, 5) is 16.6. The van der Waals surface area contributed by atoms with E-state index >= 15 is 0 Å². The highest BCUT2D eigenvalue weighted by atomic mass is 16.1. The molecule has 0 radical (unpaired) electrons. The Morgan fingerprint density at radius 3 is 2.68 bits per heavy atom. The lowest BCUT2D eigenvalue weighted by molar-refractivity contribution is -0.122. The number of para-hydroxylation sites is 2. The number of amides is 1. The van der Waals surface area contributed by atoms with Gasteiger partial charge in [0.15, 0.2) is 0 Å². The van der Waals surface area contributed by atoms with Crippen LogP contribution in [0.5, 0.6) is 0 Å². The van der Waals surface area contributed by atoms with Gasteiger partial charge >= 0.3 is 0 Å². The second kappa shape index (κ2) is 7.43. The molecule has 0 unspecified atom stereocenters. The Bertz CT molecular complexity index is 612. The summed E-state index contributed by atoms with van der Waals surface area (Å²) >= 11 is 0. The van der Waals surface area contributed by atoms with Gasteiger partial charge in [0.05, 0.1) is 17.4 Å². The van der Waals surface area contributed by atoms with Crippen molar-refractivity contribution in [3.63, 3.8) is 0 Å². The third-order valence-electron chi connectivity index (χ3n) is 4.58. The number of carbonyl (C=O) groups excluding carboxylic acids is 1. The fourth-order valence-corrected chi connectivity index (χ4v) is 3.31. The van der Waals surface area contributed by atoms with Crippen LogP contribution in [0.3, 0.4) is 0 Å². The standard InChI is InChI=1S/C18H25N3O/c22-18(20-15-8-4-2-1-3-5-9-15)12-13-21-14-19-16-10-6-7-11-17(16)21/h6-7,10-11,14-15H,1-5,8-9,12-13H2,(H,20,22). The van der Waals surface area contributed by atoms with Crippen molar-refractivity contribution in [1.82, 2.24) is 14.9 Å². The van der Waals surface area contributed by atoms with Gasteiger partial charge in [0.25, 0.3) is 0 Å². The molecule has 4 nitrogen and oxygen atoms in total. The lowest BCUT2D eigenvalue weighted by Gasteiger charge is -2.21. The molecule has 22 heavy (non-hydrogen) atoms. The van der Waals surface area contributed by atoms with E-state index in [1.807, 2.05) is 24.5 Å². The fourth-order valence-electron chi connectivity index (χ4n) is 3.31. The van der Waals surface area contributed by atoms with Gasteiger partial charge in [-0.1, -0.05) is 44.2 Å². The first-order valence-electron chi connectivity index (χ1n) is 8.52. The van der Waals surface area contributed by atoms with Crippen LogP contribution in [0, 0.1) is 0 Å². The van der Waals surface area contributed by atoms with Crippen LogP contribution in [0.4, 0.5) is 0 Å². The molecule has 0 bridgehead atoms. The number of hydrogen-bond donors (Lipinski definition) is 1. The van der Waals surface area contributed by atoms with Crippen LogP contribution in [0.2, 0.25) is 0 Å². The van der Waals surface area contributed by atoms with E-state index in [2.05, 4.69) is 20.9 Å². The molecule has 4 heteroatoms. The van der Waals surface area contributed by atoms with Gasteiger partial charge in [-0.25, -0.2) is 4.98 Å². The number of aromatic nitrogens is 2. The molecule has 1 heterocycles. The van der Waals surface area contributed by atoms with E-state index in [1.165, 1.54) is 32.1 Å². The predicted molar refractivity (Wildman–Crippen MR) is 88.6 cm³/mol. The molecule has 1 aromatic heterocycles. The number of nitrogens with one attached hydrogen (secondary N) is 1. The van der Waals surface area contributed by atoms with E-state index in [0.29, 0.717) is 19.0 Å². The zero-order valence-electron chi connectivity index (χ0n) is 13.1. The van der Waals surface area contributed by atoms with Gasteiger partial charge in [-0.15, -0.1) is 0 Å². The van der Waals surface area contributed by atoms with Gasteiger partial charge in [-0.3, -0.25) is 4.79 Å². The van der Waals surface area contributed by atoms with Gasteiger partial charge in [0.1, 0.15) is 0 Å². The zero-order chi connectivity index (χ0) is 15.2. The van der Waals surface area contributed by atoms with Gasteiger partial charge in [-0.05, 0) is 25.0 Å². The molecule has 0 spiro atoms. The topological polar surface area (TPSA) is 46.9 Å². The van der Waals surface area contributed by atoms with E-state index in [9.17, 15) is 4.79 Å².